The fourth-order valence-electron chi connectivity index (χ4n) is 2.82. The maximum Gasteiger partial charge on any atom is 1.00 e. The number of methoxy groups -OCH3 is 1. The maximum absolute atomic E-state index is 13.0. The minimum atomic E-state index is -5.27. The molecule has 2 atom stereocenters. The molecule has 1 aromatic heterocycles. The zero-order valence-corrected chi connectivity index (χ0v) is 24.9. The monoisotopic (exact) mass is 571 g/mol. The number of ether oxygens (including phenoxy) is 2. The standard InChI is InChI=1S/C19H27N5O10S2.Na/c1-18(2,3)33-16(28)19(4,5)34-23-12(9-8-35-17(20)21-9)14(26)22-13-10(7-11(25)32-6)24(15(13)27)36(29,30)31;/h8,10,13H,7H2,1-6H3,(H2,20,21)(H,22,26)(H,29,30,31);/q;+1/p-1. The molecule has 0 radical (unpaired) electrons. The van der Waals surface area contributed by atoms with Crippen LogP contribution in [0.15, 0.2) is 10.5 Å². The van der Waals surface area contributed by atoms with Crippen molar-refractivity contribution in [1.29, 1.82) is 0 Å². The number of nitrogens with one attached hydrogen (secondary N) is 1. The number of anilines is 1. The van der Waals surface area contributed by atoms with E-state index in [-0.39, 0.29) is 44.7 Å². The van der Waals surface area contributed by atoms with Gasteiger partial charge in [-0.15, -0.1) is 11.3 Å². The average molecular weight is 572 g/mol. The van der Waals surface area contributed by atoms with Crippen LogP contribution >= 0.6 is 11.3 Å². The van der Waals surface area contributed by atoms with Gasteiger partial charge in [-0.3, -0.25) is 14.4 Å². The van der Waals surface area contributed by atoms with Gasteiger partial charge in [0.2, 0.25) is 5.60 Å². The summed E-state index contributed by atoms with van der Waals surface area (Å²) in [6.45, 7) is 7.62. The fourth-order valence-corrected chi connectivity index (χ4v) is 4.23. The summed E-state index contributed by atoms with van der Waals surface area (Å²) in [6, 6.07) is -3.11. The van der Waals surface area contributed by atoms with Crippen molar-refractivity contribution in [3.63, 3.8) is 0 Å². The zero-order chi connectivity index (χ0) is 27.6. The molecule has 18 heteroatoms. The van der Waals surface area contributed by atoms with Crippen molar-refractivity contribution in [3.05, 3.63) is 11.1 Å². The summed E-state index contributed by atoms with van der Waals surface area (Å²) >= 11 is 0.954. The Morgan fingerprint density at radius 1 is 1.27 bits per heavy atom. The van der Waals surface area contributed by atoms with Gasteiger partial charge >= 0.3 is 41.5 Å². The minimum Gasteiger partial charge on any atom is -0.731 e. The Morgan fingerprint density at radius 3 is 2.32 bits per heavy atom. The number of carbonyl (C=O) groups excluding carboxylic acids is 4. The Morgan fingerprint density at radius 2 is 1.86 bits per heavy atom. The smallest absolute Gasteiger partial charge is 0.731 e. The summed E-state index contributed by atoms with van der Waals surface area (Å²) in [5.41, 5.74) is 2.53. The molecule has 2 rings (SSSR count). The number of amides is 2. The molecular weight excluding hydrogens is 545 g/mol. The van der Waals surface area contributed by atoms with Crippen LogP contribution in [0.25, 0.3) is 0 Å². The van der Waals surface area contributed by atoms with E-state index in [9.17, 15) is 32.1 Å². The van der Waals surface area contributed by atoms with Gasteiger partial charge in [0.15, 0.2) is 21.1 Å². The largest absolute Gasteiger partial charge is 1.00 e. The summed E-state index contributed by atoms with van der Waals surface area (Å²) < 4.78 is 44.0. The number of oxime groups is 1. The quantitative estimate of drug-likeness (QED) is 0.0730. The molecule has 1 saturated heterocycles. The Bertz CT molecular complexity index is 1190. The topological polar surface area (TPSA) is 220 Å². The number of hydrogen-bond acceptors (Lipinski definition) is 14. The molecule has 1 fully saturated rings. The number of nitrogens with zero attached hydrogens (tertiary/aromatic N) is 3. The molecule has 200 valence electrons. The molecule has 2 heterocycles. The number of hydrogen-bond donors (Lipinski definition) is 2. The third-order valence-corrected chi connectivity index (χ3v) is 6.14. The van der Waals surface area contributed by atoms with Crippen molar-refractivity contribution >= 4 is 56.2 Å². The molecule has 1 aliphatic rings. The predicted octanol–water partition coefficient (Wildman–Crippen LogP) is -3.71. The molecule has 1 aromatic rings. The molecule has 0 saturated carbocycles. The van der Waals surface area contributed by atoms with Crippen molar-refractivity contribution in [1.82, 2.24) is 14.6 Å². The number of nitrogen functional groups attached to an aromatic ring is 1. The minimum absolute atomic E-state index is 0. The molecule has 0 spiro atoms. The zero-order valence-electron chi connectivity index (χ0n) is 21.3. The first kappa shape index (κ1) is 32.7. The van der Waals surface area contributed by atoms with Crippen molar-refractivity contribution in [2.45, 2.75) is 64.3 Å². The normalized spacial score (nSPS) is 18.3. The molecule has 1 aliphatic heterocycles. The van der Waals surface area contributed by atoms with Gasteiger partial charge in [-0.2, -0.15) is 0 Å². The molecule has 3 N–H and O–H groups in total. The summed E-state index contributed by atoms with van der Waals surface area (Å²) in [7, 11) is -4.25. The third kappa shape index (κ3) is 8.34. The first-order valence-corrected chi connectivity index (χ1v) is 12.5. The average Bonchev–Trinajstić information content (AvgIpc) is 3.15. The van der Waals surface area contributed by atoms with Gasteiger partial charge in [-0.1, -0.05) is 5.16 Å². The second-order valence-electron chi connectivity index (χ2n) is 9.00. The molecule has 15 nitrogen and oxygen atoms in total. The molecule has 0 aromatic carbocycles. The van der Waals surface area contributed by atoms with Gasteiger partial charge in [0.1, 0.15) is 17.3 Å². The number of thiazole rings is 1. The van der Waals surface area contributed by atoms with Crippen LogP contribution in [0.5, 0.6) is 0 Å². The molecule has 0 bridgehead atoms. The van der Waals surface area contributed by atoms with E-state index in [1.807, 2.05) is 0 Å². The maximum atomic E-state index is 13.0. The van der Waals surface area contributed by atoms with Gasteiger partial charge in [0.05, 0.1) is 19.6 Å². The molecule has 37 heavy (non-hydrogen) atoms. The van der Waals surface area contributed by atoms with E-state index in [0.717, 1.165) is 18.4 Å². The van der Waals surface area contributed by atoms with Gasteiger partial charge < -0.3 is 29.9 Å². The predicted molar refractivity (Wildman–Crippen MR) is 123 cm³/mol. The summed E-state index contributed by atoms with van der Waals surface area (Å²) in [5.74, 6) is -4.07. The first-order chi connectivity index (χ1) is 16.4. The molecule has 0 aliphatic carbocycles. The Hall–Kier alpha value is -2.31. The molecule has 2 unspecified atom stereocenters. The van der Waals surface area contributed by atoms with E-state index in [4.69, 9.17) is 15.3 Å². The van der Waals surface area contributed by atoms with Crippen LogP contribution in [0.4, 0.5) is 5.13 Å². The van der Waals surface area contributed by atoms with Crippen LogP contribution in [0, 0.1) is 0 Å². The summed E-state index contributed by atoms with van der Waals surface area (Å²) in [6.07, 6.45) is -0.688. The van der Waals surface area contributed by atoms with Crippen molar-refractivity contribution < 1.29 is 76.0 Å². The van der Waals surface area contributed by atoms with Crippen LogP contribution in [-0.2, 0) is 43.8 Å². The Kier molecular flexibility index (Phi) is 10.6. The van der Waals surface area contributed by atoms with E-state index in [0.29, 0.717) is 0 Å². The van der Waals surface area contributed by atoms with E-state index in [1.165, 1.54) is 19.2 Å². The Balaban J connectivity index is 0.00000684. The van der Waals surface area contributed by atoms with E-state index in [2.05, 4.69) is 20.2 Å². The number of rotatable bonds is 9. The van der Waals surface area contributed by atoms with Gasteiger partial charge in [-0.05, 0) is 34.6 Å². The van der Waals surface area contributed by atoms with Crippen LogP contribution in [-0.4, -0.2) is 82.1 Å². The Labute approximate surface area is 239 Å². The van der Waals surface area contributed by atoms with E-state index >= 15 is 0 Å². The van der Waals surface area contributed by atoms with Crippen molar-refractivity contribution in [2.24, 2.45) is 5.16 Å². The van der Waals surface area contributed by atoms with E-state index in [1.54, 1.807) is 20.8 Å². The molecular formula is C19H26N5NaO10S2. The van der Waals surface area contributed by atoms with Crippen molar-refractivity contribution in [3.8, 4) is 0 Å². The second kappa shape index (κ2) is 12.0. The van der Waals surface area contributed by atoms with Crippen LogP contribution < -0.4 is 40.6 Å². The fraction of sp³-hybridized carbons (Fsp3) is 0.579. The number of β-lactam (4-membered cyclic amide) rings is 1. The number of nitrogens with two attached hydrogens (primary N) is 1. The van der Waals surface area contributed by atoms with Crippen LogP contribution in [0.3, 0.4) is 0 Å². The number of carbonyl (C=O) groups is 4. The van der Waals surface area contributed by atoms with Gasteiger partial charge in [0.25, 0.3) is 11.8 Å². The van der Waals surface area contributed by atoms with E-state index < -0.39 is 69.5 Å². The molecule has 2 amide bonds. The van der Waals surface area contributed by atoms with Gasteiger partial charge in [-0.25, -0.2) is 22.5 Å². The third-order valence-electron chi connectivity index (χ3n) is 4.54. The summed E-state index contributed by atoms with van der Waals surface area (Å²) in [5, 5.41) is 7.35. The summed E-state index contributed by atoms with van der Waals surface area (Å²) in [4.78, 5) is 58.7. The second-order valence-corrected chi connectivity index (χ2v) is 11.1. The number of aromatic nitrogens is 1. The van der Waals surface area contributed by atoms with Crippen LogP contribution in [0.1, 0.15) is 46.7 Å². The van der Waals surface area contributed by atoms with Gasteiger partial charge in [0, 0.05) is 5.38 Å². The van der Waals surface area contributed by atoms with Crippen molar-refractivity contribution in [2.75, 3.05) is 12.8 Å². The van der Waals surface area contributed by atoms with Crippen LogP contribution in [0.2, 0.25) is 0 Å². The number of esters is 2. The SMILES string of the molecule is COC(=O)CC1C(NC(=O)C(=NOC(C)(C)C(=O)OC(C)(C)C)c2csc(N)n2)C(=O)N1S(=O)(=O)[O-].[Na+]. The first-order valence-electron chi connectivity index (χ1n) is 10.2.